The highest BCUT2D eigenvalue weighted by molar-refractivity contribution is 5.79. The Hall–Kier alpha value is -1.98. The Labute approximate surface area is 153 Å². The maximum atomic E-state index is 13.8. The van der Waals surface area contributed by atoms with Crippen LogP contribution in [0.2, 0.25) is 0 Å². The first kappa shape index (κ1) is 24.1. The van der Waals surface area contributed by atoms with Gasteiger partial charge in [-0.15, -0.1) is 0 Å². The quantitative estimate of drug-likeness (QED) is 0.496. The van der Waals surface area contributed by atoms with Crippen LogP contribution in [0.4, 0.5) is 39.5 Å². The van der Waals surface area contributed by atoms with Gasteiger partial charge in [0.15, 0.2) is 5.60 Å². The molecule has 1 aromatic carbocycles. The summed E-state index contributed by atoms with van der Waals surface area (Å²) in [4.78, 5) is 11.6. The lowest BCUT2D eigenvalue weighted by Gasteiger charge is -2.37. The number of rotatable bonds is 8. The summed E-state index contributed by atoms with van der Waals surface area (Å²) in [6.07, 6.45) is -11.1. The molecule has 160 valence electrons. The molecule has 0 aliphatic rings. The minimum Gasteiger partial charge on any atom is -0.467 e. The van der Waals surface area contributed by atoms with Crippen LogP contribution in [0.25, 0.3) is 0 Å². The summed E-state index contributed by atoms with van der Waals surface area (Å²) in [5.41, 5.74) is -3.10. The van der Waals surface area contributed by atoms with E-state index < -0.39 is 48.4 Å². The molecular formula is C16H15F9O3. The van der Waals surface area contributed by atoms with Gasteiger partial charge in [0.2, 0.25) is 0 Å². The first-order chi connectivity index (χ1) is 12.5. The van der Waals surface area contributed by atoms with Crippen molar-refractivity contribution in [2.24, 2.45) is 0 Å². The minimum absolute atomic E-state index is 0.348. The van der Waals surface area contributed by atoms with E-state index in [9.17, 15) is 49.4 Å². The second-order valence-electron chi connectivity index (χ2n) is 6.04. The van der Waals surface area contributed by atoms with Crippen LogP contribution < -0.4 is 0 Å². The number of halogens is 9. The lowest BCUT2D eigenvalue weighted by Crippen LogP contribution is -2.63. The maximum Gasteiger partial charge on any atom is 0.460 e. The molecule has 3 nitrogen and oxygen atoms in total. The fourth-order valence-electron chi connectivity index (χ4n) is 2.33. The molecule has 28 heavy (non-hydrogen) atoms. The molecule has 0 aromatic heterocycles. The second-order valence-corrected chi connectivity index (χ2v) is 6.04. The lowest BCUT2D eigenvalue weighted by molar-refractivity contribution is -0.399. The van der Waals surface area contributed by atoms with Gasteiger partial charge in [0, 0.05) is 0 Å². The molecule has 0 spiro atoms. The van der Waals surface area contributed by atoms with Crippen LogP contribution >= 0.6 is 0 Å². The molecule has 0 aliphatic heterocycles. The van der Waals surface area contributed by atoms with Crippen molar-refractivity contribution in [2.45, 2.75) is 48.8 Å². The van der Waals surface area contributed by atoms with Gasteiger partial charge in [-0.05, 0) is 18.4 Å². The number of aryl methyl sites for hydroxylation is 1. The number of carbonyl (C=O) groups excluding carboxylic acids is 1. The van der Waals surface area contributed by atoms with Crippen LogP contribution in [0.1, 0.15) is 18.4 Å². The highest BCUT2D eigenvalue weighted by Crippen LogP contribution is 2.55. The van der Waals surface area contributed by atoms with E-state index in [4.69, 9.17) is 0 Å². The molecule has 0 radical (unpaired) electrons. The molecule has 1 aromatic rings. The molecule has 0 amide bonds. The van der Waals surface area contributed by atoms with E-state index in [2.05, 4.69) is 4.74 Å². The number of hydrogen-bond acceptors (Lipinski definition) is 3. The van der Waals surface area contributed by atoms with E-state index in [1.807, 2.05) is 0 Å². The molecule has 1 rings (SSSR count). The summed E-state index contributed by atoms with van der Waals surface area (Å²) in [5, 5.41) is 10.1. The summed E-state index contributed by atoms with van der Waals surface area (Å²) in [5.74, 6) is -22.0. The average molecular weight is 426 g/mol. The molecule has 0 aliphatic carbocycles. The Bertz CT molecular complexity index is 674. The molecule has 0 saturated carbocycles. The SMILES string of the molecule is COC(=O)C(O)(CCc1ccccc1)CC(F)(F)C(F)(F)C(F)(F)C(F)(F)F. The number of aliphatic hydroxyl groups is 1. The summed E-state index contributed by atoms with van der Waals surface area (Å²) >= 11 is 0. The molecule has 0 bridgehead atoms. The molecule has 1 atom stereocenters. The summed E-state index contributed by atoms with van der Waals surface area (Å²) in [6, 6.07) is 7.37. The van der Waals surface area contributed by atoms with Crippen molar-refractivity contribution in [3.05, 3.63) is 35.9 Å². The highest BCUT2D eigenvalue weighted by Gasteiger charge is 2.82. The van der Waals surface area contributed by atoms with Gasteiger partial charge >= 0.3 is 29.9 Å². The van der Waals surface area contributed by atoms with Gasteiger partial charge in [-0.1, -0.05) is 30.3 Å². The van der Waals surface area contributed by atoms with Crippen molar-refractivity contribution < 1.29 is 54.2 Å². The van der Waals surface area contributed by atoms with Gasteiger partial charge in [0.05, 0.1) is 13.5 Å². The third-order valence-corrected chi connectivity index (χ3v) is 3.96. The average Bonchev–Trinajstić information content (AvgIpc) is 2.58. The molecule has 1 unspecified atom stereocenters. The van der Waals surface area contributed by atoms with E-state index in [1.54, 1.807) is 6.07 Å². The zero-order chi connectivity index (χ0) is 22.0. The number of methoxy groups -OCH3 is 1. The number of esters is 1. The van der Waals surface area contributed by atoms with Crippen molar-refractivity contribution in [1.29, 1.82) is 0 Å². The Kier molecular flexibility index (Phi) is 6.70. The standard InChI is InChI=1S/C16H15F9O3/c1-28-11(26)12(27,8-7-10-5-3-2-4-6-10)9-13(17,18)14(19,20)15(21,22)16(23,24)25/h2-6,27H,7-9H2,1H3. The number of carbonyl (C=O) groups is 1. The van der Waals surface area contributed by atoms with Crippen LogP contribution in [0.15, 0.2) is 30.3 Å². The normalized spacial score (nSPS) is 15.8. The molecule has 0 saturated heterocycles. The molecule has 1 N–H and O–H groups in total. The minimum atomic E-state index is -7.11. The Morgan fingerprint density at radius 1 is 0.929 bits per heavy atom. The van der Waals surface area contributed by atoms with Gasteiger partial charge in [-0.3, -0.25) is 0 Å². The van der Waals surface area contributed by atoms with Crippen molar-refractivity contribution >= 4 is 5.97 Å². The fourth-order valence-corrected chi connectivity index (χ4v) is 2.33. The van der Waals surface area contributed by atoms with E-state index >= 15 is 0 Å². The van der Waals surface area contributed by atoms with Crippen LogP contribution in [0.3, 0.4) is 0 Å². The predicted octanol–water partition coefficient (Wildman–Crippen LogP) is 4.38. The molecule has 0 heterocycles. The predicted molar refractivity (Wildman–Crippen MR) is 77.2 cm³/mol. The second kappa shape index (κ2) is 7.80. The van der Waals surface area contributed by atoms with Gasteiger partial charge < -0.3 is 9.84 Å². The highest BCUT2D eigenvalue weighted by atomic mass is 19.4. The van der Waals surface area contributed by atoms with Crippen molar-refractivity contribution in [1.82, 2.24) is 0 Å². The van der Waals surface area contributed by atoms with Crippen molar-refractivity contribution in [2.75, 3.05) is 7.11 Å². The lowest BCUT2D eigenvalue weighted by atomic mass is 9.85. The number of ether oxygens (including phenoxy) is 1. The molecular weight excluding hydrogens is 411 g/mol. The van der Waals surface area contributed by atoms with Crippen LogP contribution in [-0.2, 0) is 16.0 Å². The van der Waals surface area contributed by atoms with Gasteiger partial charge in [0.25, 0.3) is 0 Å². The van der Waals surface area contributed by atoms with Gasteiger partial charge in [-0.25, -0.2) is 4.79 Å². The first-order valence-corrected chi connectivity index (χ1v) is 7.57. The van der Waals surface area contributed by atoms with Gasteiger partial charge in [0.1, 0.15) is 0 Å². The fraction of sp³-hybridized carbons (Fsp3) is 0.562. The Balaban J connectivity index is 3.20. The first-order valence-electron chi connectivity index (χ1n) is 7.57. The topological polar surface area (TPSA) is 46.5 Å². The van der Waals surface area contributed by atoms with Crippen LogP contribution in [-0.4, -0.2) is 47.7 Å². The molecule has 12 heteroatoms. The Morgan fingerprint density at radius 2 is 1.43 bits per heavy atom. The van der Waals surface area contributed by atoms with Crippen LogP contribution in [0, 0.1) is 0 Å². The van der Waals surface area contributed by atoms with Crippen molar-refractivity contribution in [3.8, 4) is 0 Å². The monoisotopic (exact) mass is 426 g/mol. The van der Waals surface area contributed by atoms with Crippen LogP contribution in [0.5, 0.6) is 0 Å². The summed E-state index contributed by atoms with van der Waals surface area (Å²) in [6.45, 7) is 0. The number of alkyl halides is 9. The zero-order valence-electron chi connectivity index (χ0n) is 14.2. The third kappa shape index (κ3) is 4.53. The molecule has 0 fully saturated rings. The third-order valence-electron chi connectivity index (χ3n) is 3.96. The van der Waals surface area contributed by atoms with Crippen molar-refractivity contribution in [3.63, 3.8) is 0 Å². The largest absolute Gasteiger partial charge is 0.467 e. The van der Waals surface area contributed by atoms with E-state index in [1.165, 1.54) is 24.3 Å². The number of hydrogen-bond donors (Lipinski definition) is 1. The Morgan fingerprint density at radius 3 is 1.86 bits per heavy atom. The summed E-state index contributed by atoms with van der Waals surface area (Å²) in [7, 11) is 0.594. The van der Waals surface area contributed by atoms with E-state index in [0.29, 0.717) is 12.7 Å². The zero-order valence-corrected chi connectivity index (χ0v) is 14.2. The van der Waals surface area contributed by atoms with E-state index in [0.717, 1.165) is 0 Å². The van der Waals surface area contributed by atoms with E-state index in [-0.39, 0.29) is 6.42 Å². The maximum absolute atomic E-state index is 13.8. The smallest absolute Gasteiger partial charge is 0.460 e. The van der Waals surface area contributed by atoms with Gasteiger partial charge in [-0.2, -0.15) is 39.5 Å². The summed E-state index contributed by atoms with van der Waals surface area (Å²) < 4.78 is 121. The number of benzene rings is 1.